The van der Waals surface area contributed by atoms with Gasteiger partial charge in [-0.3, -0.25) is 4.79 Å². The number of para-hydroxylation sites is 1. The molecule has 1 saturated heterocycles. The van der Waals surface area contributed by atoms with Crippen LogP contribution in [0, 0.1) is 5.92 Å². The minimum absolute atomic E-state index is 0.0592. The van der Waals surface area contributed by atoms with Crippen LogP contribution in [0.5, 0.6) is 5.75 Å². The van der Waals surface area contributed by atoms with Crippen molar-refractivity contribution >= 4 is 11.6 Å². The van der Waals surface area contributed by atoms with Gasteiger partial charge in [-0.25, -0.2) is 0 Å². The van der Waals surface area contributed by atoms with Gasteiger partial charge < -0.3 is 15.4 Å². The van der Waals surface area contributed by atoms with Crippen LogP contribution in [0.1, 0.15) is 25.3 Å². The van der Waals surface area contributed by atoms with E-state index >= 15 is 0 Å². The van der Waals surface area contributed by atoms with Gasteiger partial charge in [-0.15, -0.1) is 0 Å². The lowest BCUT2D eigenvalue weighted by atomic mass is 9.90. The molecule has 0 bridgehead atoms. The maximum atomic E-state index is 11.3. The molecule has 0 aliphatic carbocycles. The van der Waals surface area contributed by atoms with E-state index in [1.165, 1.54) is 25.3 Å². The van der Waals surface area contributed by atoms with Crippen LogP contribution < -0.4 is 15.4 Å². The lowest BCUT2D eigenvalue weighted by Gasteiger charge is -2.24. The normalized spacial score (nSPS) is 16.1. The highest BCUT2D eigenvalue weighted by Gasteiger charge is 2.17. The Morgan fingerprint density at radius 3 is 2.79 bits per heavy atom. The molecule has 1 amide bonds. The number of rotatable bonds is 4. The second-order valence-electron chi connectivity index (χ2n) is 5.07. The van der Waals surface area contributed by atoms with E-state index in [0.29, 0.717) is 5.92 Å². The molecule has 1 aliphatic rings. The SMILES string of the molecule is COc1cccc(CC2CCNCC2)c1NC(C)=O. The molecule has 1 heterocycles. The highest BCUT2D eigenvalue weighted by atomic mass is 16.5. The fraction of sp³-hybridized carbons (Fsp3) is 0.533. The fourth-order valence-electron chi connectivity index (χ4n) is 2.63. The van der Waals surface area contributed by atoms with Crippen molar-refractivity contribution in [2.75, 3.05) is 25.5 Å². The number of benzene rings is 1. The van der Waals surface area contributed by atoms with E-state index in [0.717, 1.165) is 30.9 Å². The molecule has 2 N–H and O–H groups in total. The average Bonchev–Trinajstić information content (AvgIpc) is 2.41. The Hall–Kier alpha value is -1.55. The first-order chi connectivity index (χ1) is 9.20. The first-order valence-corrected chi connectivity index (χ1v) is 6.85. The van der Waals surface area contributed by atoms with Gasteiger partial charge in [-0.1, -0.05) is 12.1 Å². The summed E-state index contributed by atoms with van der Waals surface area (Å²) in [5.41, 5.74) is 2.00. The monoisotopic (exact) mass is 262 g/mol. The molecule has 1 aliphatic heterocycles. The van der Waals surface area contributed by atoms with Gasteiger partial charge in [-0.2, -0.15) is 0 Å². The topological polar surface area (TPSA) is 50.4 Å². The zero-order valence-corrected chi connectivity index (χ0v) is 11.7. The van der Waals surface area contributed by atoms with Crippen molar-refractivity contribution < 1.29 is 9.53 Å². The Morgan fingerprint density at radius 1 is 1.42 bits per heavy atom. The first-order valence-electron chi connectivity index (χ1n) is 6.85. The van der Waals surface area contributed by atoms with Gasteiger partial charge in [0.2, 0.25) is 5.91 Å². The molecule has 0 atom stereocenters. The molecule has 0 unspecified atom stereocenters. The summed E-state index contributed by atoms with van der Waals surface area (Å²) >= 11 is 0. The zero-order valence-electron chi connectivity index (χ0n) is 11.7. The van der Waals surface area contributed by atoms with Crippen molar-refractivity contribution in [2.45, 2.75) is 26.2 Å². The number of amides is 1. The predicted octanol–water partition coefficient (Wildman–Crippen LogP) is 2.20. The second-order valence-corrected chi connectivity index (χ2v) is 5.07. The number of piperidine rings is 1. The molecule has 2 rings (SSSR count). The second kappa shape index (κ2) is 6.57. The lowest BCUT2D eigenvalue weighted by Crippen LogP contribution is -2.28. The van der Waals surface area contributed by atoms with Gasteiger partial charge in [0.25, 0.3) is 0 Å². The van der Waals surface area contributed by atoms with E-state index in [9.17, 15) is 4.79 Å². The fourth-order valence-corrected chi connectivity index (χ4v) is 2.63. The Bertz CT molecular complexity index is 440. The van der Waals surface area contributed by atoms with E-state index in [4.69, 9.17) is 4.74 Å². The van der Waals surface area contributed by atoms with Crippen LogP contribution in [0.3, 0.4) is 0 Å². The van der Waals surface area contributed by atoms with Crippen LogP contribution in [0.2, 0.25) is 0 Å². The van der Waals surface area contributed by atoms with Crippen LogP contribution in [0.15, 0.2) is 18.2 Å². The van der Waals surface area contributed by atoms with Crippen LogP contribution in [-0.2, 0) is 11.2 Å². The third-order valence-electron chi connectivity index (χ3n) is 3.60. The predicted molar refractivity (Wildman–Crippen MR) is 76.6 cm³/mol. The number of hydrogen-bond acceptors (Lipinski definition) is 3. The molecule has 19 heavy (non-hydrogen) atoms. The first kappa shape index (κ1) is 13.9. The Kier molecular flexibility index (Phi) is 4.80. The Labute approximate surface area is 114 Å². The van der Waals surface area contributed by atoms with Crippen LogP contribution in [0.4, 0.5) is 5.69 Å². The van der Waals surface area contributed by atoms with Gasteiger partial charge in [0.1, 0.15) is 5.75 Å². The molecule has 104 valence electrons. The van der Waals surface area contributed by atoms with Gasteiger partial charge in [-0.05, 0) is 49.9 Å². The van der Waals surface area contributed by atoms with E-state index in [1.807, 2.05) is 12.1 Å². The molecule has 0 aromatic heterocycles. The maximum Gasteiger partial charge on any atom is 0.221 e. The summed E-state index contributed by atoms with van der Waals surface area (Å²) in [4.78, 5) is 11.3. The third-order valence-corrected chi connectivity index (χ3v) is 3.60. The quantitative estimate of drug-likeness (QED) is 0.874. The highest BCUT2D eigenvalue weighted by molar-refractivity contribution is 5.91. The average molecular weight is 262 g/mol. The van der Waals surface area contributed by atoms with Crippen LogP contribution in [-0.4, -0.2) is 26.1 Å². The van der Waals surface area contributed by atoms with Gasteiger partial charge in [0.15, 0.2) is 0 Å². The van der Waals surface area contributed by atoms with Crippen molar-refractivity contribution in [3.8, 4) is 5.75 Å². The molecule has 1 fully saturated rings. The molecule has 0 saturated carbocycles. The van der Waals surface area contributed by atoms with E-state index in [2.05, 4.69) is 16.7 Å². The molecule has 0 radical (unpaired) electrons. The number of nitrogens with one attached hydrogen (secondary N) is 2. The summed E-state index contributed by atoms with van der Waals surface area (Å²) in [7, 11) is 1.63. The number of hydrogen-bond donors (Lipinski definition) is 2. The summed E-state index contributed by atoms with van der Waals surface area (Å²) in [6, 6.07) is 5.95. The standard InChI is InChI=1S/C15H22N2O2/c1-11(18)17-15-13(4-3-5-14(15)19-2)10-12-6-8-16-9-7-12/h3-5,12,16H,6-10H2,1-2H3,(H,17,18). The van der Waals surface area contributed by atoms with E-state index < -0.39 is 0 Å². The van der Waals surface area contributed by atoms with Crippen LogP contribution >= 0.6 is 0 Å². The smallest absolute Gasteiger partial charge is 0.221 e. The van der Waals surface area contributed by atoms with E-state index in [-0.39, 0.29) is 5.91 Å². The summed E-state index contributed by atoms with van der Waals surface area (Å²) in [5.74, 6) is 1.36. The molecule has 4 heteroatoms. The summed E-state index contributed by atoms with van der Waals surface area (Å²) in [5, 5.41) is 6.28. The van der Waals surface area contributed by atoms with Crippen molar-refractivity contribution in [1.82, 2.24) is 5.32 Å². The molecular weight excluding hydrogens is 240 g/mol. The van der Waals surface area contributed by atoms with E-state index in [1.54, 1.807) is 7.11 Å². The molecule has 1 aromatic carbocycles. The molecule has 0 spiro atoms. The maximum absolute atomic E-state index is 11.3. The van der Waals surface area contributed by atoms with Gasteiger partial charge in [0, 0.05) is 6.92 Å². The number of methoxy groups -OCH3 is 1. The van der Waals surface area contributed by atoms with Crippen molar-refractivity contribution in [3.63, 3.8) is 0 Å². The van der Waals surface area contributed by atoms with Crippen molar-refractivity contribution in [3.05, 3.63) is 23.8 Å². The molecular formula is C15H22N2O2. The minimum Gasteiger partial charge on any atom is -0.495 e. The van der Waals surface area contributed by atoms with Crippen molar-refractivity contribution in [2.24, 2.45) is 5.92 Å². The highest BCUT2D eigenvalue weighted by Crippen LogP contribution is 2.31. The third kappa shape index (κ3) is 3.70. The summed E-state index contributed by atoms with van der Waals surface area (Å²) in [6.07, 6.45) is 3.38. The lowest BCUT2D eigenvalue weighted by molar-refractivity contribution is -0.114. The Morgan fingerprint density at radius 2 is 2.16 bits per heavy atom. The number of carbonyl (C=O) groups excluding carboxylic acids is 1. The molecule has 4 nitrogen and oxygen atoms in total. The van der Waals surface area contributed by atoms with Crippen LogP contribution in [0.25, 0.3) is 0 Å². The number of ether oxygens (including phenoxy) is 1. The van der Waals surface area contributed by atoms with Gasteiger partial charge in [0.05, 0.1) is 12.8 Å². The largest absolute Gasteiger partial charge is 0.495 e. The van der Waals surface area contributed by atoms with Gasteiger partial charge >= 0.3 is 0 Å². The summed E-state index contributed by atoms with van der Waals surface area (Å²) in [6.45, 7) is 3.70. The zero-order chi connectivity index (χ0) is 13.7. The molecule has 1 aromatic rings. The number of carbonyl (C=O) groups is 1. The minimum atomic E-state index is -0.0592. The summed E-state index contributed by atoms with van der Waals surface area (Å²) < 4.78 is 5.35. The Balaban J connectivity index is 2.19. The number of anilines is 1. The van der Waals surface area contributed by atoms with Crippen molar-refractivity contribution in [1.29, 1.82) is 0 Å².